The van der Waals surface area contributed by atoms with Gasteiger partial charge in [-0.2, -0.15) is 11.8 Å². The molecule has 0 aromatic heterocycles. The minimum absolute atomic E-state index is 0.0536. The summed E-state index contributed by atoms with van der Waals surface area (Å²) in [7, 11) is 0. The molecular weight excluding hydrogens is 248 g/mol. The summed E-state index contributed by atoms with van der Waals surface area (Å²) >= 11 is 1.78. The molecular formula is C13H18N2O2S. The van der Waals surface area contributed by atoms with Gasteiger partial charge in [-0.1, -0.05) is 6.07 Å². The summed E-state index contributed by atoms with van der Waals surface area (Å²) in [5.41, 5.74) is 2.56. The van der Waals surface area contributed by atoms with E-state index in [4.69, 9.17) is 0 Å². The highest BCUT2D eigenvalue weighted by Crippen LogP contribution is 2.25. The number of fused-ring (bicyclic) bond motifs is 1. The number of benzene rings is 1. The maximum Gasteiger partial charge on any atom is 0.251 e. The van der Waals surface area contributed by atoms with Crippen molar-refractivity contribution >= 4 is 23.4 Å². The van der Waals surface area contributed by atoms with Crippen LogP contribution in [0.1, 0.15) is 22.3 Å². The maximum absolute atomic E-state index is 11.9. The van der Waals surface area contributed by atoms with Gasteiger partial charge in [0.25, 0.3) is 5.91 Å². The first-order chi connectivity index (χ1) is 8.70. The average molecular weight is 266 g/mol. The molecule has 1 heterocycles. The standard InChI is InChI=1S/C13H18N2O2S/c1-18-6-2-5-14-13(17)10-4-3-9-8-12(16)15-11(9)7-10/h3-4,7,12,15-16H,2,5-6,8H2,1H3,(H,14,17). The van der Waals surface area contributed by atoms with Gasteiger partial charge in [-0.25, -0.2) is 0 Å². The third-order valence-electron chi connectivity index (χ3n) is 2.92. The Balaban J connectivity index is 1.93. The number of anilines is 1. The Morgan fingerprint density at radius 3 is 3.22 bits per heavy atom. The van der Waals surface area contributed by atoms with Gasteiger partial charge in [0.15, 0.2) is 0 Å². The quantitative estimate of drug-likeness (QED) is 0.706. The lowest BCUT2D eigenvalue weighted by atomic mass is 10.1. The van der Waals surface area contributed by atoms with Crippen molar-refractivity contribution in [1.82, 2.24) is 5.32 Å². The van der Waals surface area contributed by atoms with E-state index in [0.717, 1.165) is 23.4 Å². The lowest BCUT2D eigenvalue weighted by Crippen LogP contribution is -2.24. The number of nitrogens with one attached hydrogen (secondary N) is 2. The lowest BCUT2D eigenvalue weighted by Gasteiger charge is -2.07. The van der Waals surface area contributed by atoms with Crippen molar-refractivity contribution in [2.45, 2.75) is 19.1 Å². The molecule has 3 N–H and O–H groups in total. The Hall–Kier alpha value is -1.20. The van der Waals surface area contributed by atoms with E-state index in [-0.39, 0.29) is 5.91 Å². The number of hydrogen-bond donors (Lipinski definition) is 3. The van der Waals surface area contributed by atoms with Gasteiger partial charge in [-0.05, 0) is 36.1 Å². The minimum atomic E-state index is -0.528. The van der Waals surface area contributed by atoms with E-state index >= 15 is 0 Å². The number of amides is 1. The van der Waals surface area contributed by atoms with E-state index in [2.05, 4.69) is 16.9 Å². The van der Waals surface area contributed by atoms with E-state index < -0.39 is 6.23 Å². The van der Waals surface area contributed by atoms with Crippen LogP contribution in [0.5, 0.6) is 0 Å². The maximum atomic E-state index is 11.9. The topological polar surface area (TPSA) is 61.4 Å². The summed E-state index contributed by atoms with van der Waals surface area (Å²) < 4.78 is 0. The van der Waals surface area contributed by atoms with Crippen LogP contribution in [0.15, 0.2) is 18.2 Å². The van der Waals surface area contributed by atoms with Crippen LogP contribution in [0, 0.1) is 0 Å². The summed E-state index contributed by atoms with van der Waals surface area (Å²) in [5.74, 6) is 1.00. The Morgan fingerprint density at radius 1 is 1.61 bits per heavy atom. The molecule has 0 aliphatic carbocycles. The van der Waals surface area contributed by atoms with Crippen molar-refractivity contribution in [3.8, 4) is 0 Å². The zero-order chi connectivity index (χ0) is 13.0. The van der Waals surface area contributed by atoms with E-state index in [1.54, 1.807) is 17.8 Å². The number of aliphatic hydroxyl groups excluding tert-OH is 1. The minimum Gasteiger partial charge on any atom is -0.373 e. The van der Waals surface area contributed by atoms with Gasteiger partial charge in [0, 0.05) is 24.2 Å². The Kier molecular flexibility index (Phi) is 4.49. The molecule has 1 unspecified atom stereocenters. The molecule has 1 aliphatic heterocycles. The number of thioether (sulfide) groups is 1. The van der Waals surface area contributed by atoms with Crippen LogP contribution in [0.25, 0.3) is 0 Å². The summed E-state index contributed by atoms with van der Waals surface area (Å²) in [6, 6.07) is 5.51. The first-order valence-electron chi connectivity index (χ1n) is 6.05. The van der Waals surface area contributed by atoms with Crippen molar-refractivity contribution in [1.29, 1.82) is 0 Å². The molecule has 1 atom stereocenters. The van der Waals surface area contributed by atoms with Crippen LogP contribution in [0.4, 0.5) is 5.69 Å². The van der Waals surface area contributed by atoms with Crippen molar-refractivity contribution in [3.05, 3.63) is 29.3 Å². The van der Waals surface area contributed by atoms with E-state index in [1.807, 2.05) is 12.1 Å². The molecule has 0 spiro atoms. The van der Waals surface area contributed by atoms with E-state index in [0.29, 0.717) is 18.5 Å². The zero-order valence-corrected chi connectivity index (χ0v) is 11.2. The molecule has 1 aliphatic rings. The lowest BCUT2D eigenvalue weighted by molar-refractivity contribution is 0.0954. The Labute approximate surface area is 111 Å². The summed E-state index contributed by atoms with van der Waals surface area (Å²) in [4.78, 5) is 11.9. The van der Waals surface area contributed by atoms with Gasteiger partial charge in [-0.15, -0.1) is 0 Å². The zero-order valence-electron chi connectivity index (χ0n) is 10.4. The molecule has 1 amide bonds. The highest BCUT2D eigenvalue weighted by Gasteiger charge is 2.19. The number of hydrogen-bond acceptors (Lipinski definition) is 4. The second-order valence-corrected chi connectivity index (χ2v) is 5.32. The SMILES string of the molecule is CSCCCNC(=O)c1ccc2c(c1)NC(O)C2. The fourth-order valence-corrected chi connectivity index (χ4v) is 2.42. The van der Waals surface area contributed by atoms with Gasteiger partial charge in [0.2, 0.25) is 0 Å². The summed E-state index contributed by atoms with van der Waals surface area (Å²) in [6.07, 6.45) is 3.11. The predicted octanol–water partition coefficient (Wildman–Crippen LogP) is 1.46. The molecule has 5 heteroatoms. The first kappa shape index (κ1) is 13.2. The smallest absolute Gasteiger partial charge is 0.251 e. The van der Waals surface area contributed by atoms with Gasteiger partial charge < -0.3 is 15.7 Å². The number of aliphatic hydroxyl groups is 1. The largest absolute Gasteiger partial charge is 0.373 e. The van der Waals surface area contributed by atoms with Crippen molar-refractivity contribution < 1.29 is 9.90 Å². The predicted molar refractivity (Wildman–Crippen MR) is 75.1 cm³/mol. The van der Waals surface area contributed by atoms with Crippen LogP contribution in [0.3, 0.4) is 0 Å². The van der Waals surface area contributed by atoms with Crippen molar-refractivity contribution in [3.63, 3.8) is 0 Å². The summed E-state index contributed by atoms with van der Waals surface area (Å²) in [5, 5.41) is 15.3. The molecule has 4 nitrogen and oxygen atoms in total. The molecule has 1 aromatic carbocycles. The molecule has 0 saturated heterocycles. The molecule has 98 valence electrons. The first-order valence-corrected chi connectivity index (χ1v) is 7.45. The normalized spacial score (nSPS) is 17.1. The van der Waals surface area contributed by atoms with Crippen LogP contribution in [-0.4, -0.2) is 35.8 Å². The molecule has 18 heavy (non-hydrogen) atoms. The highest BCUT2D eigenvalue weighted by atomic mass is 32.2. The van der Waals surface area contributed by atoms with Crippen LogP contribution in [-0.2, 0) is 6.42 Å². The number of carbonyl (C=O) groups is 1. The van der Waals surface area contributed by atoms with Gasteiger partial charge in [0.05, 0.1) is 0 Å². The molecule has 2 rings (SSSR count). The van der Waals surface area contributed by atoms with Gasteiger partial charge >= 0.3 is 0 Å². The van der Waals surface area contributed by atoms with E-state index in [9.17, 15) is 9.90 Å². The number of rotatable bonds is 5. The van der Waals surface area contributed by atoms with Crippen LogP contribution in [0.2, 0.25) is 0 Å². The van der Waals surface area contributed by atoms with Crippen LogP contribution >= 0.6 is 11.8 Å². The molecule has 0 fully saturated rings. The van der Waals surface area contributed by atoms with Gasteiger partial charge in [0.1, 0.15) is 6.23 Å². The van der Waals surface area contributed by atoms with Crippen molar-refractivity contribution in [2.24, 2.45) is 0 Å². The number of carbonyl (C=O) groups excluding carboxylic acids is 1. The average Bonchev–Trinajstić information content (AvgIpc) is 2.73. The molecule has 0 saturated carbocycles. The second kappa shape index (κ2) is 6.11. The van der Waals surface area contributed by atoms with E-state index in [1.165, 1.54) is 0 Å². The molecule has 0 radical (unpaired) electrons. The third-order valence-corrected chi connectivity index (χ3v) is 3.62. The van der Waals surface area contributed by atoms with Crippen LogP contribution < -0.4 is 10.6 Å². The van der Waals surface area contributed by atoms with Crippen molar-refractivity contribution in [2.75, 3.05) is 23.9 Å². The van der Waals surface area contributed by atoms with Gasteiger partial charge in [-0.3, -0.25) is 4.79 Å². The Morgan fingerprint density at radius 2 is 2.44 bits per heavy atom. The fourth-order valence-electron chi connectivity index (χ4n) is 1.99. The monoisotopic (exact) mass is 266 g/mol. The highest BCUT2D eigenvalue weighted by molar-refractivity contribution is 7.98. The molecule has 1 aromatic rings. The Bertz CT molecular complexity index is 437. The molecule has 0 bridgehead atoms. The third kappa shape index (κ3) is 3.17. The summed E-state index contributed by atoms with van der Waals surface area (Å²) in [6.45, 7) is 0.701. The fraction of sp³-hybridized carbons (Fsp3) is 0.462. The second-order valence-electron chi connectivity index (χ2n) is 4.34.